The van der Waals surface area contributed by atoms with Crippen LogP contribution in [0.15, 0.2) is 72.8 Å². The lowest BCUT2D eigenvalue weighted by Gasteiger charge is -2.08. The van der Waals surface area contributed by atoms with Crippen LogP contribution in [0.4, 0.5) is 0 Å². The minimum Gasteiger partial charge on any atom is -0.494 e. The van der Waals surface area contributed by atoms with Crippen molar-refractivity contribution in [2.24, 2.45) is 0 Å². The fourth-order valence-electron chi connectivity index (χ4n) is 3.78. The summed E-state index contributed by atoms with van der Waals surface area (Å²) in [6, 6.07) is 22.9. The minimum absolute atomic E-state index is 0.239. The molecular weight excluding hydrogens is 390 g/mol. The van der Waals surface area contributed by atoms with Gasteiger partial charge in [-0.2, -0.15) is 0 Å². The van der Waals surface area contributed by atoms with Crippen molar-refractivity contribution in [2.75, 3.05) is 6.61 Å². The molecule has 0 aliphatic carbocycles. The van der Waals surface area contributed by atoms with E-state index in [4.69, 9.17) is 15.3 Å². The van der Waals surface area contributed by atoms with Gasteiger partial charge < -0.3 is 19.0 Å². The summed E-state index contributed by atoms with van der Waals surface area (Å²) in [5, 5.41) is 17.7. The van der Waals surface area contributed by atoms with E-state index < -0.39 is 5.97 Å². The van der Waals surface area contributed by atoms with E-state index in [9.17, 15) is 4.79 Å². The molecule has 2 N–H and O–H groups in total. The van der Waals surface area contributed by atoms with E-state index in [1.807, 2.05) is 33.4 Å². The lowest BCUT2D eigenvalue weighted by atomic mass is 10.1. The number of aromatic carboxylic acids is 1. The first-order chi connectivity index (χ1) is 15.0. The van der Waals surface area contributed by atoms with Crippen molar-refractivity contribution in [3.8, 4) is 5.75 Å². The highest BCUT2D eigenvalue weighted by Gasteiger charge is 2.11. The molecule has 0 fully saturated rings. The quantitative estimate of drug-likeness (QED) is 0.417. The third kappa shape index (κ3) is 4.53. The number of aryl methyl sites for hydroxylation is 2. The Morgan fingerprint density at radius 3 is 2.35 bits per heavy atom. The van der Waals surface area contributed by atoms with Crippen LogP contribution in [0.25, 0.3) is 11.0 Å². The summed E-state index contributed by atoms with van der Waals surface area (Å²) < 4.78 is 9.81. The zero-order valence-electron chi connectivity index (χ0n) is 17.4. The van der Waals surface area contributed by atoms with Gasteiger partial charge in [-0.05, 0) is 55.3 Å². The largest absolute Gasteiger partial charge is 0.494 e. The van der Waals surface area contributed by atoms with Gasteiger partial charge in [0.25, 0.3) is 0 Å². The normalized spacial score (nSPS) is 11.0. The number of aromatic nitrogens is 2. The second kappa shape index (κ2) is 8.92. The van der Waals surface area contributed by atoms with Gasteiger partial charge in [0.05, 0.1) is 29.7 Å². The molecule has 0 atom stereocenters. The lowest BCUT2D eigenvalue weighted by molar-refractivity contribution is 0.0697. The van der Waals surface area contributed by atoms with Crippen LogP contribution >= 0.6 is 0 Å². The van der Waals surface area contributed by atoms with E-state index in [2.05, 4.69) is 31.2 Å². The van der Waals surface area contributed by atoms with Gasteiger partial charge in [-0.25, -0.2) is 4.79 Å². The van der Waals surface area contributed by atoms with Gasteiger partial charge in [0.2, 0.25) is 5.62 Å². The second-order valence-electron chi connectivity index (χ2n) is 7.57. The average molecular weight is 415 g/mol. The molecule has 6 heteroatoms. The van der Waals surface area contributed by atoms with Crippen LogP contribution in [0, 0.1) is 12.3 Å². The number of rotatable bonds is 8. The Morgan fingerprint density at radius 2 is 1.68 bits per heavy atom. The SMILES string of the molecule is Cc1cccc(Cn2c(=N)n(CCCOc3ccc(C(=O)O)cc3)c3ccccc32)c1. The number of carboxylic acids is 1. The molecule has 0 radical (unpaired) electrons. The zero-order valence-corrected chi connectivity index (χ0v) is 17.4. The number of hydrogen-bond donors (Lipinski definition) is 2. The molecule has 0 aliphatic heterocycles. The van der Waals surface area contributed by atoms with E-state index in [0.717, 1.165) is 17.5 Å². The number of benzene rings is 3. The summed E-state index contributed by atoms with van der Waals surface area (Å²) in [7, 11) is 0. The van der Waals surface area contributed by atoms with Gasteiger partial charge in [0.15, 0.2) is 0 Å². The van der Waals surface area contributed by atoms with Crippen LogP contribution < -0.4 is 10.4 Å². The van der Waals surface area contributed by atoms with Gasteiger partial charge in [0.1, 0.15) is 5.75 Å². The Balaban J connectivity index is 1.48. The first-order valence-electron chi connectivity index (χ1n) is 10.3. The van der Waals surface area contributed by atoms with Crippen LogP contribution in [0.2, 0.25) is 0 Å². The van der Waals surface area contributed by atoms with Crippen molar-refractivity contribution < 1.29 is 14.6 Å². The highest BCUT2D eigenvalue weighted by molar-refractivity contribution is 5.87. The van der Waals surface area contributed by atoms with Crippen LogP contribution in [-0.2, 0) is 13.1 Å². The van der Waals surface area contributed by atoms with Gasteiger partial charge in [0, 0.05) is 6.54 Å². The topological polar surface area (TPSA) is 80.2 Å². The van der Waals surface area contributed by atoms with Crippen molar-refractivity contribution in [3.05, 3.63) is 95.1 Å². The maximum Gasteiger partial charge on any atom is 0.335 e. The molecule has 31 heavy (non-hydrogen) atoms. The maximum absolute atomic E-state index is 10.9. The van der Waals surface area contributed by atoms with Crippen molar-refractivity contribution in [1.29, 1.82) is 5.41 Å². The van der Waals surface area contributed by atoms with E-state index in [1.165, 1.54) is 23.3 Å². The first-order valence-corrected chi connectivity index (χ1v) is 10.3. The highest BCUT2D eigenvalue weighted by atomic mass is 16.5. The Hall–Kier alpha value is -3.80. The van der Waals surface area contributed by atoms with E-state index in [1.54, 1.807) is 12.1 Å². The molecule has 0 saturated heterocycles. The van der Waals surface area contributed by atoms with Crippen molar-refractivity contribution in [2.45, 2.75) is 26.4 Å². The monoisotopic (exact) mass is 415 g/mol. The molecule has 0 saturated carbocycles. The van der Waals surface area contributed by atoms with E-state index in [0.29, 0.717) is 31.1 Å². The number of fused-ring (bicyclic) bond motifs is 1. The fraction of sp³-hybridized carbons (Fsp3) is 0.200. The molecule has 4 aromatic rings. The van der Waals surface area contributed by atoms with Crippen molar-refractivity contribution >= 4 is 17.0 Å². The molecular formula is C25H25N3O3. The molecule has 0 aliphatic rings. The maximum atomic E-state index is 10.9. The van der Waals surface area contributed by atoms with Crippen molar-refractivity contribution in [1.82, 2.24) is 9.13 Å². The van der Waals surface area contributed by atoms with Crippen LogP contribution in [0.5, 0.6) is 5.75 Å². The number of carbonyl (C=O) groups is 1. The number of nitrogens with one attached hydrogen (secondary N) is 1. The Kier molecular flexibility index (Phi) is 5.89. The third-order valence-electron chi connectivity index (χ3n) is 5.29. The molecule has 0 spiro atoms. The molecule has 3 aromatic carbocycles. The number of nitrogens with zero attached hydrogens (tertiary/aromatic N) is 2. The Morgan fingerprint density at radius 1 is 0.968 bits per heavy atom. The highest BCUT2D eigenvalue weighted by Crippen LogP contribution is 2.16. The average Bonchev–Trinajstić information content (AvgIpc) is 3.03. The van der Waals surface area contributed by atoms with Crippen LogP contribution in [0.3, 0.4) is 0 Å². The molecule has 0 unspecified atom stereocenters. The summed E-state index contributed by atoms with van der Waals surface area (Å²) in [5.41, 5.74) is 5.17. The minimum atomic E-state index is -0.951. The smallest absolute Gasteiger partial charge is 0.335 e. The molecule has 6 nitrogen and oxygen atoms in total. The van der Waals surface area contributed by atoms with Crippen molar-refractivity contribution in [3.63, 3.8) is 0 Å². The number of hydrogen-bond acceptors (Lipinski definition) is 3. The molecule has 1 aromatic heterocycles. The van der Waals surface area contributed by atoms with Gasteiger partial charge in [-0.3, -0.25) is 5.41 Å². The summed E-state index contributed by atoms with van der Waals surface area (Å²) >= 11 is 0. The van der Waals surface area contributed by atoms with E-state index >= 15 is 0 Å². The summed E-state index contributed by atoms with van der Waals surface area (Å²) in [5.74, 6) is -0.309. The zero-order chi connectivity index (χ0) is 21.8. The van der Waals surface area contributed by atoms with Gasteiger partial charge in [-0.1, -0.05) is 42.0 Å². The second-order valence-corrected chi connectivity index (χ2v) is 7.57. The predicted molar refractivity (Wildman–Crippen MR) is 120 cm³/mol. The van der Waals surface area contributed by atoms with Crippen LogP contribution in [-0.4, -0.2) is 26.8 Å². The Bertz CT molecular complexity index is 1270. The number of para-hydroxylation sites is 2. The Labute approximate surface area is 180 Å². The number of ether oxygens (including phenoxy) is 1. The lowest BCUT2D eigenvalue weighted by Crippen LogP contribution is -2.25. The summed E-state index contributed by atoms with van der Waals surface area (Å²) in [4.78, 5) is 10.9. The standard InChI is InChI=1S/C25H25N3O3/c1-18-6-4-7-19(16-18)17-28-23-9-3-2-8-22(23)27(25(28)26)14-5-15-31-21-12-10-20(11-13-21)24(29)30/h2-4,6-13,16,26H,5,14-15,17H2,1H3,(H,29,30). The van der Waals surface area contributed by atoms with Gasteiger partial charge >= 0.3 is 5.97 Å². The molecule has 0 amide bonds. The van der Waals surface area contributed by atoms with Gasteiger partial charge in [-0.15, -0.1) is 0 Å². The first kappa shape index (κ1) is 20.5. The van der Waals surface area contributed by atoms with E-state index in [-0.39, 0.29) is 5.56 Å². The number of carboxylic acid groups (broad SMARTS) is 1. The molecule has 1 heterocycles. The third-order valence-corrected chi connectivity index (χ3v) is 5.29. The molecule has 158 valence electrons. The fourth-order valence-corrected chi connectivity index (χ4v) is 3.78. The number of imidazole rings is 1. The summed E-state index contributed by atoms with van der Waals surface area (Å²) in [6.07, 6.45) is 0.732. The molecule has 4 rings (SSSR count). The predicted octanol–water partition coefficient (Wildman–Crippen LogP) is 4.45. The van der Waals surface area contributed by atoms with Crippen LogP contribution in [0.1, 0.15) is 27.9 Å². The molecule has 0 bridgehead atoms. The summed E-state index contributed by atoms with van der Waals surface area (Å²) in [6.45, 7) is 3.87.